The topological polar surface area (TPSA) is 0 Å². The second kappa shape index (κ2) is 13.8. The van der Waals surface area contributed by atoms with Crippen LogP contribution in [0.1, 0.15) is 182 Å². The van der Waals surface area contributed by atoms with Crippen molar-refractivity contribution in [1.29, 1.82) is 0 Å². The molecule has 10 bridgehead atoms. The predicted octanol–water partition coefficient (Wildman–Crippen LogP) is 14.4. The molecule has 0 saturated heterocycles. The number of rotatable bonds is 0. The third-order valence-electron chi connectivity index (χ3n) is 22.7. The molecule has 292 valence electrons. The summed E-state index contributed by atoms with van der Waals surface area (Å²) in [7, 11) is 0. The second-order valence-electron chi connectivity index (χ2n) is 24.5. The second-order valence-corrected chi connectivity index (χ2v) is 24.5. The Morgan fingerprint density at radius 3 is 1.25 bits per heavy atom. The first-order valence-corrected chi connectivity index (χ1v) is 25.4. The molecule has 14 saturated carbocycles. The van der Waals surface area contributed by atoms with E-state index in [9.17, 15) is 0 Å². The molecule has 24 unspecified atom stereocenters. The highest BCUT2D eigenvalue weighted by atomic mass is 14.7. The van der Waals surface area contributed by atoms with Gasteiger partial charge in [-0.1, -0.05) is 72.6 Å². The first kappa shape index (κ1) is 35.2. The van der Waals surface area contributed by atoms with Gasteiger partial charge in [0.25, 0.3) is 0 Å². The Morgan fingerprint density at radius 1 is 0.212 bits per heavy atom. The molecule has 14 rings (SSSR count). The van der Waals surface area contributed by atoms with Crippen LogP contribution in [0.5, 0.6) is 0 Å². The molecule has 14 aliphatic rings. The highest BCUT2D eigenvalue weighted by Crippen LogP contribution is 2.69. The zero-order valence-electron chi connectivity index (χ0n) is 34.8. The molecule has 0 aromatic heterocycles. The summed E-state index contributed by atoms with van der Waals surface area (Å²) in [5.41, 5.74) is 0. The third-order valence-corrected chi connectivity index (χ3v) is 22.7. The van der Waals surface area contributed by atoms with Crippen LogP contribution in [-0.2, 0) is 0 Å². The van der Waals surface area contributed by atoms with E-state index in [2.05, 4.69) is 27.7 Å². The summed E-state index contributed by atoms with van der Waals surface area (Å²) < 4.78 is 0. The Hall–Kier alpha value is 0. The minimum absolute atomic E-state index is 1.08. The van der Waals surface area contributed by atoms with E-state index in [-0.39, 0.29) is 0 Å². The van der Waals surface area contributed by atoms with Crippen LogP contribution >= 0.6 is 0 Å². The molecule has 0 amide bonds. The molecule has 0 aliphatic heterocycles. The van der Waals surface area contributed by atoms with Crippen molar-refractivity contribution in [2.24, 2.45) is 142 Å². The van der Waals surface area contributed by atoms with E-state index in [1.165, 1.54) is 83.4 Å². The highest BCUT2D eigenvalue weighted by molar-refractivity contribution is 5.10. The fourth-order valence-electron chi connectivity index (χ4n) is 21.2. The van der Waals surface area contributed by atoms with Crippen molar-refractivity contribution < 1.29 is 0 Å². The van der Waals surface area contributed by atoms with Crippen LogP contribution in [0.15, 0.2) is 0 Å². The average Bonchev–Trinajstić information content (AvgIpc) is 4.00. The lowest BCUT2D eigenvalue weighted by Crippen LogP contribution is -2.38. The zero-order valence-corrected chi connectivity index (χ0v) is 34.8. The summed E-state index contributed by atoms with van der Waals surface area (Å²) in [5.74, 6) is 27.8. The van der Waals surface area contributed by atoms with Crippen LogP contribution in [0.4, 0.5) is 0 Å². The largest absolute Gasteiger partial charge is 0.0622 e. The van der Waals surface area contributed by atoms with Gasteiger partial charge in [-0.05, 0) is 251 Å². The Labute approximate surface area is 322 Å². The minimum atomic E-state index is 1.08. The summed E-state index contributed by atoms with van der Waals surface area (Å²) in [5, 5.41) is 0. The van der Waals surface area contributed by atoms with E-state index in [0.29, 0.717) is 0 Å². The van der Waals surface area contributed by atoms with Gasteiger partial charge in [0, 0.05) is 0 Å². The normalized spacial score (nSPS) is 61.2. The summed E-state index contributed by atoms with van der Waals surface area (Å²) in [6, 6.07) is 0. The first-order chi connectivity index (χ1) is 25.4. The lowest BCUT2D eigenvalue weighted by Gasteiger charge is -2.47. The van der Waals surface area contributed by atoms with Crippen LogP contribution in [0.2, 0.25) is 0 Å². The fraction of sp³-hybridized carbons (Fsp3) is 1.00. The molecule has 0 radical (unpaired) electrons. The van der Waals surface area contributed by atoms with Crippen LogP contribution in [-0.4, -0.2) is 0 Å². The quantitative estimate of drug-likeness (QED) is 0.220. The van der Waals surface area contributed by atoms with Crippen molar-refractivity contribution in [2.75, 3.05) is 0 Å². The average molecular weight is 709 g/mol. The van der Waals surface area contributed by atoms with Crippen LogP contribution in [0, 0.1) is 142 Å². The lowest BCUT2D eigenvalue weighted by molar-refractivity contribution is 0.0299. The Kier molecular flexibility index (Phi) is 9.36. The number of hydrogen-bond acceptors (Lipinski definition) is 0. The van der Waals surface area contributed by atoms with Crippen LogP contribution in [0.3, 0.4) is 0 Å². The lowest BCUT2D eigenvalue weighted by atomic mass is 9.59. The molecule has 0 nitrogen and oxygen atoms in total. The van der Waals surface area contributed by atoms with Crippen molar-refractivity contribution in [3.05, 3.63) is 0 Å². The van der Waals surface area contributed by atoms with E-state index in [0.717, 1.165) is 65.1 Å². The van der Waals surface area contributed by atoms with Crippen molar-refractivity contribution in [3.63, 3.8) is 0 Å². The van der Waals surface area contributed by atoms with E-state index in [1.54, 1.807) is 148 Å². The summed E-state index contributed by atoms with van der Waals surface area (Å²) in [4.78, 5) is 0. The minimum Gasteiger partial charge on any atom is -0.0622 e. The van der Waals surface area contributed by atoms with E-state index in [1.807, 2.05) is 0 Å². The van der Waals surface area contributed by atoms with Gasteiger partial charge >= 0.3 is 0 Å². The molecule has 0 aromatic carbocycles. The summed E-state index contributed by atoms with van der Waals surface area (Å²) in [6.45, 7) is 10.0. The molecular formula is C52H84. The fourth-order valence-corrected chi connectivity index (χ4v) is 21.2. The zero-order chi connectivity index (χ0) is 34.8. The molecule has 24 atom stereocenters. The van der Waals surface area contributed by atoms with Crippen molar-refractivity contribution >= 4 is 0 Å². The first-order valence-electron chi connectivity index (χ1n) is 25.4. The van der Waals surface area contributed by atoms with Gasteiger partial charge in [0.05, 0.1) is 0 Å². The SMILES string of the molecule is CC1CC2CC1C1C3CCC(C3)C21.CC1CC2CC1C1CC3CCCCC3CC21.CC1CC2CC1C1CCCC21.CC1CC2CC1C1CCCCC21. The van der Waals surface area contributed by atoms with E-state index in [4.69, 9.17) is 0 Å². The maximum Gasteiger partial charge on any atom is -0.0321 e. The molecule has 52 heavy (non-hydrogen) atoms. The van der Waals surface area contributed by atoms with Crippen molar-refractivity contribution in [3.8, 4) is 0 Å². The molecule has 0 heteroatoms. The standard InChI is InChI=1S/C16H26.C13H20.C12H20.C11H18/c1-10-6-13-9-14(10)16-8-12-5-3-2-4-11(12)7-15(13)16;1-7-4-10-6-11(7)13-9-3-2-8(5-9)12(10)13;1-8-6-9-7-12(8)11-5-3-2-4-10(9)11;1-7-5-8-6-11(7)10-4-2-3-9(8)10/h10-16H,2-9H2,1H3;7-13H,2-6H2,1H3;8-12H,2-7H2,1H3;7-11H,2-6H2,1H3. The van der Waals surface area contributed by atoms with Gasteiger partial charge in [-0.3, -0.25) is 0 Å². The molecule has 0 spiro atoms. The molecular weight excluding hydrogens is 625 g/mol. The molecule has 14 aliphatic carbocycles. The molecule has 0 aromatic rings. The van der Waals surface area contributed by atoms with E-state index >= 15 is 0 Å². The van der Waals surface area contributed by atoms with Gasteiger partial charge in [-0.25, -0.2) is 0 Å². The monoisotopic (exact) mass is 709 g/mol. The van der Waals surface area contributed by atoms with Gasteiger partial charge in [0.2, 0.25) is 0 Å². The number of fused-ring (bicyclic) bond motifs is 25. The van der Waals surface area contributed by atoms with Gasteiger partial charge in [0.1, 0.15) is 0 Å². The van der Waals surface area contributed by atoms with Gasteiger partial charge in [-0.2, -0.15) is 0 Å². The maximum absolute atomic E-state index is 2.54. The number of hydrogen-bond donors (Lipinski definition) is 0. The van der Waals surface area contributed by atoms with E-state index < -0.39 is 0 Å². The van der Waals surface area contributed by atoms with Crippen molar-refractivity contribution in [2.45, 2.75) is 182 Å². The maximum atomic E-state index is 2.54. The smallest absolute Gasteiger partial charge is 0.0321 e. The van der Waals surface area contributed by atoms with Gasteiger partial charge in [-0.15, -0.1) is 0 Å². The molecule has 0 heterocycles. The van der Waals surface area contributed by atoms with Gasteiger partial charge < -0.3 is 0 Å². The van der Waals surface area contributed by atoms with Crippen molar-refractivity contribution in [1.82, 2.24) is 0 Å². The Balaban J connectivity index is 0.0000000829. The highest BCUT2D eigenvalue weighted by Gasteiger charge is 2.61. The van der Waals surface area contributed by atoms with Gasteiger partial charge in [0.15, 0.2) is 0 Å². The Bertz CT molecular complexity index is 1260. The van der Waals surface area contributed by atoms with Crippen LogP contribution in [0.25, 0.3) is 0 Å². The molecule has 0 N–H and O–H groups in total. The summed E-state index contributed by atoms with van der Waals surface area (Å²) in [6.07, 6.45) is 38.1. The van der Waals surface area contributed by atoms with Crippen LogP contribution < -0.4 is 0 Å². The Morgan fingerprint density at radius 2 is 0.615 bits per heavy atom. The molecule has 14 fully saturated rings. The predicted molar refractivity (Wildman–Crippen MR) is 217 cm³/mol. The summed E-state index contributed by atoms with van der Waals surface area (Å²) >= 11 is 0. The third kappa shape index (κ3) is 5.71.